The van der Waals surface area contributed by atoms with Gasteiger partial charge in [0, 0.05) is 23.7 Å². The molecular formula is C24H23N3O2. The van der Waals surface area contributed by atoms with E-state index in [-0.39, 0.29) is 11.8 Å². The van der Waals surface area contributed by atoms with E-state index < -0.39 is 5.97 Å². The Morgan fingerprint density at radius 2 is 1.93 bits per heavy atom. The zero-order valence-electron chi connectivity index (χ0n) is 16.2. The summed E-state index contributed by atoms with van der Waals surface area (Å²) in [6.07, 6.45) is 0.768. The fraction of sp³-hybridized carbons (Fsp3) is 0.167. The summed E-state index contributed by atoms with van der Waals surface area (Å²) in [4.78, 5) is 11.8. The lowest BCUT2D eigenvalue weighted by Gasteiger charge is -2.16. The summed E-state index contributed by atoms with van der Waals surface area (Å²) in [5.74, 6) is -0.633. The van der Waals surface area contributed by atoms with Crippen molar-refractivity contribution in [3.63, 3.8) is 0 Å². The number of aryl methyl sites for hydroxylation is 1. The second-order valence-corrected chi connectivity index (χ2v) is 7.51. The molecular weight excluding hydrogens is 362 g/mol. The molecule has 5 heteroatoms. The molecule has 29 heavy (non-hydrogen) atoms. The Bertz CT molecular complexity index is 1120. The van der Waals surface area contributed by atoms with E-state index in [1.165, 1.54) is 0 Å². The predicted molar refractivity (Wildman–Crippen MR) is 116 cm³/mol. The summed E-state index contributed by atoms with van der Waals surface area (Å²) in [6.45, 7) is 2.70. The third kappa shape index (κ3) is 3.59. The van der Waals surface area contributed by atoms with Crippen molar-refractivity contribution in [1.82, 2.24) is 0 Å². The van der Waals surface area contributed by atoms with Crippen molar-refractivity contribution in [2.45, 2.75) is 19.3 Å². The first-order chi connectivity index (χ1) is 13.9. The Morgan fingerprint density at radius 1 is 1.14 bits per heavy atom. The molecule has 1 heterocycles. The number of nitrogen functional groups attached to an aromatic ring is 1. The number of carboxylic acid groups (broad SMARTS) is 1. The molecule has 0 fully saturated rings. The molecule has 0 saturated carbocycles. The Hall–Kier alpha value is -3.60. The highest BCUT2D eigenvalue weighted by molar-refractivity contribution is 5.97. The first-order valence-electron chi connectivity index (χ1n) is 9.58. The molecule has 3 aromatic rings. The quantitative estimate of drug-likeness (QED) is 0.386. The van der Waals surface area contributed by atoms with Crippen molar-refractivity contribution in [2.24, 2.45) is 5.73 Å². The van der Waals surface area contributed by atoms with Crippen LogP contribution in [0.1, 0.15) is 38.5 Å². The van der Waals surface area contributed by atoms with E-state index in [4.69, 9.17) is 11.1 Å². The molecule has 1 atom stereocenters. The highest BCUT2D eigenvalue weighted by Gasteiger charge is 2.24. The fourth-order valence-corrected chi connectivity index (χ4v) is 4.05. The molecule has 1 aliphatic heterocycles. The van der Waals surface area contributed by atoms with Gasteiger partial charge >= 0.3 is 5.97 Å². The number of hydrogen-bond donors (Lipinski definition) is 4. The van der Waals surface area contributed by atoms with Gasteiger partial charge in [0.2, 0.25) is 0 Å². The van der Waals surface area contributed by atoms with Gasteiger partial charge in [-0.25, -0.2) is 4.79 Å². The second kappa shape index (κ2) is 7.43. The number of hydrogen-bond acceptors (Lipinski definition) is 3. The SMILES string of the molecule is Cc1ccc(-c2ccccc2CC2CNc3ccc(C(=N)N)cc32)c(C(=O)O)c1. The minimum atomic E-state index is -0.919. The first kappa shape index (κ1) is 18.7. The van der Waals surface area contributed by atoms with Gasteiger partial charge in [-0.05, 0) is 59.9 Å². The molecule has 0 radical (unpaired) electrons. The minimum absolute atomic E-state index is 0.0598. The summed E-state index contributed by atoms with van der Waals surface area (Å²) in [5, 5.41) is 20.8. The van der Waals surface area contributed by atoms with Crippen LogP contribution >= 0.6 is 0 Å². The molecule has 0 spiro atoms. The Morgan fingerprint density at radius 3 is 2.69 bits per heavy atom. The molecule has 146 valence electrons. The maximum atomic E-state index is 11.8. The number of aromatic carboxylic acids is 1. The van der Waals surface area contributed by atoms with Crippen LogP contribution in [0.4, 0.5) is 5.69 Å². The van der Waals surface area contributed by atoms with Crippen molar-refractivity contribution >= 4 is 17.5 Å². The largest absolute Gasteiger partial charge is 0.478 e. The molecule has 0 aromatic heterocycles. The van der Waals surface area contributed by atoms with E-state index >= 15 is 0 Å². The number of carboxylic acids is 1. The van der Waals surface area contributed by atoms with Crippen LogP contribution in [0.15, 0.2) is 60.7 Å². The van der Waals surface area contributed by atoms with Crippen molar-refractivity contribution < 1.29 is 9.90 Å². The van der Waals surface area contributed by atoms with Crippen LogP contribution in [-0.4, -0.2) is 23.5 Å². The lowest BCUT2D eigenvalue weighted by atomic mass is 9.87. The number of rotatable bonds is 5. The summed E-state index contributed by atoms with van der Waals surface area (Å²) in [7, 11) is 0. The number of nitrogens with two attached hydrogens (primary N) is 1. The lowest BCUT2D eigenvalue weighted by molar-refractivity contribution is 0.0697. The number of amidine groups is 1. The average molecular weight is 385 g/mol. The summed E-state index contributed by atoms with van der Waals surface area (Å²) < 4.78 is 0. The molecule has 0 amide bonds. The second-order valence-electron chi connectivity index (χ2n) is 7.51. The number of fused-ring (bicyclic) bond motifs is 1. The van der Waals surface area contributed by atoms with E-state index in [1.54, 1.807) is 6.07 Å². The summed E-state index contributed by atoms with van der Waals surface area (Å²) in [6, 6.07) is 19.4. The fourth-order valence-electron chi connectivity index (χ4n) is 4.05. The van der Waals surface area contributed by atoms with Gasteiger partial charge in [-0.15, -0.1) is 0 Å². The van der Waals surface area contributed by atoms with E-state index in [9.17, 15) is 9.90 Å². The van der Waals surface area contributed by atoms with Crippen LogP contribution in [-0.2, 0) is 6.42 Å². The number of anilines is 1. The Kier molecular flexibility index (Phi) is 4.80. The van der Waals surface area contributed by atoms with Gasteiger partial charge in [0.1, 0.15) is 5.84 Å². The molecule has 1 unspecified atom stereocenters. The molecule has 5 nitrogen and oxygen atoms in total. The van der Waals surface area contributed by atoms with E-state index in [2.05, 4.69) is 11.4 Å². The maximum Gasteiger partial charge on any atom is 0.336 e. The van der Waals surface area contributed by atoms with Gasteiger partial charge in [-0.1, -0.05) is 42.0 Å². The molecule has 5 N–H and O–H groups in total. The van der Waals surface area contributed by atoms with Crippen molar-refractivity contribution in [3.05, 3.63) is 88.5 Å². The summed E-state index contributed by atoms with van der Waals surface area (Å²) in [5.41, 5.74) is 12.6. The number of carbonyl (C=O) groups is 1. The van der Waals surface area contributed by atoms with Gasteiger partial charge in [-0.3, -0.25) is 5.41 Å². The van der Waals surface area contributed by atoms with Gasteiger partial charge in [-0.2, -0.15) is 0 Å². The molecule has 4 rings (SSSR count). The third-order valence-electron chi connectivity index (χ3n) is 5.52. The number of benzene rings is 3. The third-order valence-corrected chi connectivity index (χ3v) is 5.52. The van der Waals surface area contributed by atoms with Crippen LogP contribution in [0.2, 0.25) is 0 Å². The van der Waals surface area contributed by atoms with E-state index in [0.29, 0.717) is 5.56 Å². The maximum absolute atomic E-state index is 11.8. The van der Waals surface area contributed by atoms with Crippen LogP contribution in [0.25, 0.3) is 11.1 Å². The monoisotopic (exact) mass is 385 g/mol. The highest BCUT2D eigenvalue weighted by atomic mass is 16.4. The van der Waals surface area contributed by atoms with Crippen LogP contribution in [0, 0.1) is 12.3 Å². The molecule has 3 aromatic carbocycles. The number of nitrogens with one attached hydrogen (secondary N) is 2. The van der Waals surface area contributed by atoms with E-state index in [1.807, 2.05) is 55.5 Å². The smallest absolute Gasteiger partial charge is 0.336 e. The lowest BCUT2D eigenvalue weighted by Crippen LogP contribution is -2.12. The van der Waals surface area contributed by atoms with E-state index in [0.717, 1.165) is 52.0 Å². The van der Waals surface area contributed by atoms with Crippen LogP contribution in [0.3, 0.4) is 0 Å². The summed E-state index contributed by atoms with van der Waals surface area (Å²) >= 11 is 0. The van der Waals surface area contributed by atoms with Crippen molar-refractivity contribution in [3.8, 4) is 11.1 Å². The zero-order chi connectivity index (χ0) is 20.5. The predicted octanol–water partition coefficient (Wildman–Crippen LogP) is 4.40. The minimum Gasteiger partial charge on any atom is -0.478 e. The van der Waals surface area contributed by atoms with Crippen LogP contribution in [0.5, 0.6) is 0 Å². The van der Waals surface area contributed by atoms with Gasteiger partial charge in [0.15, 0.2) is 0 Å². The average Bonchev–Trinajstić information content (AvgIpc) is 3.10. The Labute approximate surface area is 169 Å². The van der Waals surface area contributed by atoms with Crippen molar-refractivity contribution in [2.75, 3.05) is 11.9 Å². The van der Waals surface area contributed by atoms with Crippen LogP contribution < -0.4 is 11.1 Å². The molecule has 0 saturated heterocycles. The first-order valence-corrected chi connectivity index (χ1v) is 9.58. The topological polar surface area (TPSA) is 99.2 Å². The zero-order valence-corrected chi connectivity index (χ0v) is 16.2. The molecule has 1 aliphatic rings. The highest BCUT2D eigenvalue weighted by Crippen LogP contribution is 2.37. The standard InChI is InChI=1S/C24H23N3O2/c1-14-6-8-19(21(10-14)24(28)29)18-5-3-2-4-15(18)11-17-13-27-22-9-7-16(23(25)26)12-20(17)22/h2-10,12,17,27H,11,13H2,1H3,(H3,25,26)(H,28,29). The molecule has 0 bridgehead atoms. The van der Waals surface area contributed by atoms with Gasteiger partial charge in [0.05, 0.1) is 5.56 Å². The van der Waals surface area contributed by atoms with Gasteiger partial charge < -0.3 is 16.2 Å². The van der Waals surface area contributed by atoms with Gasteiger partial charge in [0.25, 0.3) is 0 Å². The Balaban J connectivity index is 1.73. The van der Waals surface area contributed by atoms with Crippen molar-refractivity contribution in [1.29, 1.82) is 5.41 Å². The normalized spacial score (nSPS) is 14.9. The molecule has 0 aliphatic carbocycles.